The molecule has 0 bridgehead atoms. The second-order valence-corrected chi connectivity index (χ2v) is 4.95. The van der Waals surface area contributed by atoms with Crippen LogP contribution < -0.4 is 28.7 Å². The zero-order valence-corrected chi connectivity index (χ0v) is 10.6. The second-order valence-electron chi connectivity index (χ2n) is 3.07. The molecule has 0 radical (unpaired) electrons. The maximum Gasteiger partial charge on any atom is 1.00 e. The molecule has 0 aliphatic rings. The number of rotatable bonds is 3. The summed E-state index contributed by atoms with van der Waals surface area (Å²) in [4.78, 5) is 12.4. The summed E-state index contributed by atoms with van der Waals surface area (Å²) in [6.07, 6.45) is -4.97. The molecule has 1 N–H and O–H groups in total. The van der Waals surface area contributed by atoms with Crippen molar-refractivity contribution in [3.63, 3.8) is 0 Å². The number of carboxylic acids is 1. The molecule has 1 aromatic heterocycles. The van der Waals surface area contributed by atoms with E-state index in [4.69, 9.17) is 0 Å². The Morgan fingerprint density at radius 3 is 2.26 bits per heavy atom. The first kappa shape index (κ1) is 17.9. The number of sulfonamides is 1. The van der Waals surface area contributed by atoms with Gasteiger partial charge in [0.05, 0.1) is 16.6 Å². The predicted octanol–water partition coefficient (Wildman–Crippen LogP) is -3.62. The first-order valence-corrected chi connectivity index (χ1v) is 5.80. The van der Waals surface area contributed by atoms with Gasteiger partial charge < -0.3 is 9.90 Å². The number of alkyl halides is 3. The van der Waals surface area contributed by atoms with Crippen LogP contribution in [0, 0.1) is 0 Å². The fourth-order valence-electron chi connectivity index (χ4n) is 1.03. The molecule has 0 amide bonds. The molecule has 0 aromatic carbocycles. The molecular formula is C8H6F3LiN2O4S. The molecule has 19 heavy (non-hydrogen) atoms. The third kappa shape index (κ3) is 4.21. The fourth-order valence-corrected chi connectivity index (χ4v) is 1.80. The Balaban J connectivity index is 0.00000324. The van der Waals surface area contributed by atoms with Gasteiger partial charge in [-0.3, -0.25) is 0 Å². The van der Waals surface area contributed by atoms with E-state index in [0.29, 0.717) is 6.07 Å². The van der Waals surface area contributed by atoms with E-state index in [1.807, 2.05) is 0 Å². The summed E-state index contributed by atoms with van der Waals surface area (Å²) in [5, 5.41) is 10.5. The molecule has 0 saturated carbocycles. The summed E-state index contributed by atoms with van der Waals surface area (Å²) >= 11 is 0. The minimum atomic E-state index is -4.97. The number of aromatic carboxylic acids is 1. The van der Waals surface area contributed by atoms with Gasteiger partial charge in [-0.15, -0.1) is 0 Å². The Kier molecular flexibility index (Phi) is 5.58. The number of pyridine rings is 1. The molecule has 0 saturated heterocycles. The van der Waals surface area contributed by atoms with Crippen LogP contribution in [-0.4, -0.2) is 26.4 Å². The summed E-state index contributed by atoms with van der Waals surface area (Å²) in [5.41, 5.74) is -2.74. The monoisotopic (exact) mass is 290 g/mol. The van der Waals surface area contributed by atoms with Crippen LogP contribution >= 0.6 is 0 Å². The van der Waals surface area contributed by atoms with Gasteiger partial charge in [0.15, 0.2) is 0 Å². The summed E-state index contributed by atoms with van der Waals surface area (Å²) in [6, 6.07) is 0.717. The zero-order valence-electron chi connectivity index (χ0n) is 9.78. The molecule has 1 rings (SSSR count). The van der Waals surface area contributed by atoms with Crippen LogP contribution in [0.15, 0.2) is 17.0 Å². The van der Waals surface area contributed by atoms with Crippen molar-refractivity contribution < 1.29 is 50.4 Å². The first-order valence-electron chi connectivity index (χ1n) is 4.32. The van der Waals surface area contributed by atoms with E-state index in [2.05, 4.69) is 4.98 Å². The minimum absolute atomic E-state index is 0. The third-order valence-corrected chi connectivity index (χ3v) is 3.27. The Hall–Kier alpha value is -1.08. The van der Waals surface area contributed by atoms with Gasteiger partial charge in [0.1, 0.15) is 5.69 Å². The molecule has 0 unspecified atom stereocenters. The van der Waals surface area contributed by atoms with Gasteiger partial charge in [-0.05, 0) is 19.2 Å². The molecule has 0 spiro atoms. The molecular weight excluding hydrogens is 284 g/mol. The summed E-state index contributed by atoms with van der Waals surface area (Å²) in [7, 11) is -3.24. The number of hydrogen-bond donors (Lipinski definition) is 1. The van der Waals surface area contributed by atoms with Gasteiger partial charge in [0, 0.05) is 0 Å². The summed E-state index contributed by atoms with van der Waals surface area (Å²) in [5.74, 6) is -2.01. The third-order valence-electron chi connectivity index (χ3n) is 1.88. The number of carbonyl (C=O) groups excluding carboxylic acids is 1. The number of aromatic nitrogens is 1. The quantitative estimate of drug-likeness (QED) is 0.579. The van der Waals surface area contributed by atoms with Gasteiger partial charge in [-0.2, -0.15) is 13.2 Å². The molecule has 0 aliphatic heterocycles. The Morgan fingerprint density at radius 2 is 1.89 bits per heavy atom. The number of carboxylic acid groups (broad SMARTS) is 1. The first-order chi connectivity index (χ1) is 8.08. The fraction of sp³-hybridized carbons (Fsp3) is 0.250. The Bertz CT molecular complexity index is 588. The van der Waals surface area contributed by atoms with Crippen molar-refractivity contribution in [1.29, 1.82) is 0 Å². The van der Waals surface area contributed by atoms with Crippen LogP contribution in [0.3, 0.4) is 0 Å². The van der Waals surface area contributed by atoms with Crippen molar-refractivity contribution in [2.45, 2.75) is 11.1 Å². The van der Waals surface area contributed by atoms with E-state index in [9.17, 15) is 31.5 Å². The molecule has 1 heterocycles. The van der Waals surface area contributed by atoms with Crippen molar-refractivity contribution >= 4 is 16.0 Å². The van der Waals surface area contributed by atoms with Gasteiger partial charge in [-0.25, -0.2) is 18.1 Å². The van der Waals surface area contributed by atoms with Crippen LogP contribution in [0.2, 0.25) is 0 Å². The van der Waals surface area contributed by atoms with Crippen LogP contribution in [0.4, 0.5) is 13.2 Å². The van der Waals surface area contributed by atoms with Gasteiger partial charge in [-0.1, -0.05) is 0 Å². The maximum absolute atomic E-state index is 12.4. The van der Waals surface area contributed by atoms with E-state index in [0.717, 1.165) is 7.05 Å². The van der Waals surface area contributed by atoms with Gasteiger partial charge >= 0.3 is 25.0 Å². The number of halogens is 3. The average Bonchev–Trinajstić information content (AvgIpc) is 2.27. The topological polar surface area (TPSA) is 99.2 Å². The minimum Gasteiger partial charge on any atom is -0.543 e. The largest absolute Gasteiger partial charge is 1.00 e. The van der Waals surface area contributed by atoms with E-state index < -0.39 is 38.5 Å². The molecule has 0 aliphatic carbocycles. The van der Waals surface area contributed by atoms with Crippen molar-refractivity contribution in [2.75, 3.05) is 7.05 Å². The van der Waals surface area contributed by atoms with Crippen LogP contribution in [0.1, 0.15) is 16.2 Å². The molecule has 1 aromatic rings. The van der Waals surface area contributed by atoms with Crippen molar-refractivity contribution in [1.82, 2.24) is 9.71 Å². The van der Waals surface area contributed by atoms with Gasteiger partial charge in [0.25, 0.3) is 0 Å². The Labute approximate surface area is 118 Å². The van der Waals surface area contributed by atoms with Crippen LogP contribution in [0.5, 0.6) is 0 Å². The van der Waals surface area contributed by atoms with Crippen LogP contribution in [0.25, 0.3) is 0 Å². The maximum atomic E-state index is 12.4. The van der Waals surface area contributed by atoms with Crippen molar-refractivity contribution in [3.8, 4) is 0 Å². The zero-order chi connectivity index (χ0) is 14.1. The second kappa shape index (κ2) is 5.92. The number of nitrogens with zero attached hydrogens (tertiary/aromatic N) is 1. The standard InChI is InChI=1S/C8H7F3N2O4S.Li/c1-12-18(16,17)4-2-5(7(14)15)13-6(3-4)8(9,10)11;/h2-3,12H,1H3,(H,14,15);/q;+1/p-1. The number of nitrogens with one attached hydrogen (secondary N) is 1. The molecule has 100 valence electrons. The SMILES string of the molecule is CNS(=O)(=O)c1cc(C(=O)[O-])nc(C(F)(F)F)c1.[Li+]. The van der Waals surface area contributed by atoms with Crippen molar-refractivity contribution in [3.05, 3.63) is 23.5 Å². The van der Waals surface area contributed by atoms with E-state index in [1.165, 1.54) is 0 Å². The van der Waals surface area contributed by atoms with Gasteiger partial charge in [0.2, 0.25) is 10.0 Å². The Morgan fingerprint density at radius 1 is 1.37 bits per heavy atom. The van der Waals surface area contributed by atoms with E-state index in [1.54, 1.807) is 4.72 Å². The number of hydrogen-bond acceptors (Lipinski definition) is 5. The summed E-state index contributed by atoms with van der Waals surface area (Å²) < 4.78 is 61.7. The molecule has 0 atom stereocenters. The number of carbonyl (C=O) groups is 1. The molecule has 6 nitrogen and oxygen atoms in total. The van der Waals surface area contributed by atoms with E-state index >= 15 is 0 Å². The van der Waals surface area contributed by atoms with Crippen molar-refractivity contribution in [2.24, 2.45) is 0 Å². The average molecular weight is 290 g/mol. The van der Waals surface area contributed by atoms with E-state index in [-0.39, 0.29) is 24.9 Å². The molecule has 11 heteroatoms. The molecule has 0 fully saturated rings. The summed E-state index contributed by atoms with van der Waals surface area (Å²) in [6.45, 7) is 0. The van der Waals surface area contributed by atoms with Crippen LogP contribution in [-0.2, 0) is 16.2 Å². The smallest absolute Gasteiger partial charge is 0.543 e. The predicted molar refractivity (Wildman–Crippen MR) is 49.8 cm³/mol. The normalized spacial score (nSPS) is 11.8.